The van der Waals surface area contributed by atoms with Crippen LogP contribution >= 0.6 is 11.3 Å². The van der Waals surface area contributed by atoms with Crippen molar-refractivity contribution < 1.29 is 18.3 Å². The van der Waals surface area contributed by atoms with Gasteiger partial charge in [-0.1, -0.05) is 13.8 Å². The van der Waals surface area contributed by atoms with Crippen LogP contribution in [0.25, 0.3) is 0 Å². The van der Waals surface area contributed by atoms with Crippen molar-refractivity contribution in [1.29, 1.82) is 0 Å². The first-order valence-corrected chi connectivity index (χ1v) is 8.70. The molecule has 1 rings (SSSR count). The van der Waals surface area contributed by atoms with Gasteiger partial charge in [-0.15, -0.1) is 11.3 Å². The van der Waals surface area contributed by atoms with Crippen LogP contribution in [0.3, 0.4) is 0 Å². The van der Waals surface area contributed by atoms with E-state index >= 15 is 0 Å². The largest absolute Gasteiger partial charge is 0.481 e. The van der Waals surface area contributed by atoms with E-state index in [9.17, 15) is 13.2 Å². The van der Waals surface area contributed by atoms with Gasteiger partial charge in [0, 0.05) is 17.8 Å². The van der Waals surface area contributed by atoms with E-state index in [0.29, 0.717) is 23.6 Å². The lowest BCUT2D eigenvalue weighted by Gasteiger charge is -2.23. The monoisotopic (exact) mass is 319 g/mol. The summed E-state index contributed by atoms with van der Waals surface area (Å²) in [7, 11) is -3.44. The van der Waals surface area contributed by atoms with E-state index in [4.69, 9.17) is 5.11 Å². The topological polar surface area (TPSA) is 83.5 Å². The molecule has 0 amide bonds. The quantitative estimate of drug-likeness (QED) is 0.771. The number of nitrogens with one attached hydrogen (secondary N) is 1. The summed E-state index contributed by atoms with van der Waals surface area (Å²) in [6.45, 7) is 6.06. The van der Waals surface area contributed by atoms with Crippen LogP contribution in [0.15, 0.2) is 16.3 Å². The van der Waals surface area contributed by atoms with E-state index in [1.54, 1.807) is 12.1 Å². The maximum atomic E-state index is 12.0. The number of aliphatic carboxylic acids is 1. The second-order valence-electron chi connectivity index (χ2n) is 5.57. The van der Waals surface area contributed by atoms with E-state index in [1.807, 2.05) is 20.8 Å². The van der Waals surface area contributed by atoms with Gasteiger partial charge >= 0.3 is 5.97 Å². The van der Waals surface area contributed by atoms with Crippen LogP contribution in [-0.4, -0.2) is 26.0 Å². The molecule has 1 heterocycles. The van der Waals surface area contributed by atoms with E-state index in [1.165, 1.54) is 11.3 Å². The molecule has 0 atom stereocenters. The predicted octanol–water partition coefficient (Wildman–Crippen LogP) is 2.62. The summed E-state index contributed by atoms with van der Waals surface area (Å²) in [5, 5.41) is 8.67. The van der Waals surface area contributed by atoms with Gasteiger partial charge in [0.05, 0.1) is 0 Å². The minimum atomic E-state index is -3.44. The Morgan fingerprint density at radius 3 is 2.50 bits per heavy atom. The third kappa shape index (κ3) is 5.60. The van der Waals surface area contributed by atoms with Crippen LogP contribution in [0.2, 0.25) is 0 Å². The minimum absolute atomic E-state index is 0.101. The zero-order valence-electron chi connectivity index (χ0n) is 12.0. The second-order valence-corrected chi connectivity index (χ2v) is 8.85. The van der Waals surface area contributed by atoms with Crippen molar-refractivity contribution in [2.24, 2.45) is 5.41 Å². The maximum Gasteiger partial charge on any atom is 0.303 e. The number of hydrogen-bond donors (Lipinski definition) is 2. The first-order valence-electron chi connectivity index (χ1n) is 6.40. The molecule has 20 heavy (non-hydrogen) atoms. The summed E-state index contributed by atoms with van der Waals surface area (Å²) in [4.78, 5) is 11.5. The molecule has 0 bridgehead atoms. The Bertz CT molecular complexity index is 561. The molecular weight excluding hydrogens is 298 g/mol. The maximum absolute atomic E-state index is 12.0. The van der Waals surface area contributed by atoms with Crippen molar-refractivity contribution in [3.8, 4) is 0 Å². The fourth-order valence-electron chi connectivity index (χ4n) is 1.72. The van der Waals surface area contributed by atoms with Gasteiger partial charge in [0.1, 0.15) is 4.21 Å². The van der Waals surface area contributed by atoms with Crippen molar-refractivity contribution in [2.75, 3.05) is 6.54 Å². The molecule has 0 aromatic carbocycles. The first-order chi connectivity index (χ1) is 9.12. The molecule has 114 valence electrons. The van der Waals surface area contributed by atoms with Crippen molar-refractivity contribution >= 4 is 27.3 Å². The minimum Gasteiger partial charge on any atom is -0.481 e. The summed E-state index contributed by atoms with van der Waals surface area (Å²) in [6, 6.07) is 3.37. The number of carboxylic acid groups (broad SMARTS) is 1. The highest BCUT2D eigenvalue weighted by Gasteiger charge is 2.21. The lowest BCUT2D eigenvalue weighted by Crippen LogP contribution is -2.28. The molecule has 0 saturated heterocycles. The van der Waals surface area contributed by atoms with Gasteiger partial charge in [0.15, 0.2) is 0 Å². The summed E-state index contributed by atoms with van der Waals surface area (Å²) >= 11 is 1.24. The number of carboxylic acids is 1. The standard InChI is InChI=1S/C13H21NO4S2/c1-10-4-5-12(19-10)20(17,18)14-9-8-13(2,3)7-6-11(15)16/h4-5,14H,6-9H2,1-3H3,(H,15,16). The number of thiophene rings is 1. The number of aryl methyl sites for hydroxylation is 1. The van der Waals surface area contributed by atoms with Crippen LogP contribution in [0.1, 0.15) is 38.0 Å². The van der Waals surface area contributed by atoms with Crippen LogP contribution in [-0.2, 0) is 14.8 Å². The molecule has 5 nitrogen and oxygen atoms in total. The SMILES string of the molecule is Cc1ccc(S(=O)(=O)NCCC(C)(C)CCC(=O)O)s1. The zero-order valence-corrected chi connectivity index (χ0v) is 13.6. The van der Waals surface area contributed by atoms with Crippen LogP contribution in [0.4, 0.5) is 0 Å². The van der Waals surface area contributed by atoms with Gasteiger partial charge in [0.2, 0.25) is 10.0 Å². The van der Waals surface area contributed by atoms with Crippen molar-refractivity contribution in [2.45, 2.75) is 44.2 Å². The number of sulfonamides is 1. The molecule has 0 aliphatic rings. The van der Waals surface area contributed by atoms with E-state index in [0.717, 1.165) is 4.88 Å². The molecule has 0 unspecified atom stereocenters. The smallest absolute Gasteiger partial charge is 0.303 e. The predicted molar refractivity (Wildman–Crippen MR) is 79.5 cm³/mol. The van der Waals surface area contributed by atoms with Crippen LogP contribution in [0, 0.1) is 12.3 Å². The lowest BCUT2D eigenvalue weighted by atomic mass is 9.84. The third-order valence-electron chi connectivity index (χ3n) is 3.09. The Morgan fingerprint density at radius 2 is 2.00 bits per heavy atom. The highest BCUT2D eigenvalue weighted by molar-refractivity contribution is 7.91. The zero-order chi connectivity index (χ0) is 15.4. The van der Waals surface area contributed by atoms with Crippen molar-refractivity contribution in [1.82, 2.24) is 4.72 Å². The van der Waals surface area contributed by atoms with Gasteiger partial charge in [-0.3, -0.25) is 4.79 Å². The first kappa shape index (κ1) is 17.1. The fraction of sp³-hybridized carbons (Fsp3) is 0.615. The third-order valence-corrected chi connectivity index (χ3v) is 6.04. The molecule has 0 saturated carbocycles. The molecule has 0 aliphatic heterocycles. The van der Waals surface area contributed by atoms with Crippen molar-refractivity contribution in [3.63, 3.8) is 0 Å². The summed E-state index contributed by atoms with van der Waals surface area (Å²) in [5.74, 6) is -0.826. The normalized spacial score (nSPS) is 12.6. The van der Waals surface area contributed by atoms with Gasteiger partial charge in [0.25, 0.3) is 0 Å². The van der Waals surface area contributed by atoms with Gasteiger partial charge in [-0.05, 0) is 37.3 Å². The summed E-state index contributed by atoms with van der Waals surface area (Å²) in [6.07, 6.45) is 1.23. The number of rotatable bonds is 8. The summed E-state index contributed by atoms with van der Waals surface area (Å²) < 4.78 is 26.9. The fourth-order valence-corrected chi connectivity index (χ4v) is 4.08. The van der Waals surface area contributed by atoms with Crippen molar-refractivity contribution in [3.05, 3.63) is 17.0 Å². The average molecular weight is 319 g/mol. The lowest BCUT2D eigenvalue weighted by molar-refractivity contribution is -0.137. The molecule has 1 aromatic heterocycles. The van der Waals surface area contributed by atoms with Crippen LogP contribution < -0.4 is 4.72 Å². The van der Waals surface area contributed by atoms with Crippen LogP contribution in [0.5, 0.6) is 0 Å². The van der Waals surface area contributed by atoms with E-state index < -0.39 is 16.0 Å². The highest BCUT2D eigenvalue weighted by Crippen LogP contribution is 2.26. The molecule has 0 aliphatic carbocycles. The molecule has 2 N–H and O–H groups in total. The van der Waals surface area contributed by atoms with E-state index in [-0.39, 0.29) is 11.8 Å². The number of hydrogen-bond acceptors (Lipinski definition) is 4. The average Bonchev–Trinajstić information content (AvgIpc) is 2.74. The molecule has 0 spiro atoms. The second kappa shape index (κ2) is 6.69. The highest BCUT2D eigenvalue weighted by atomic mass is 32.2. The molecule has 0 radical (unpaired) electrons. The Hall–Kier alpha value is -0.920. The Labute approximate surface area is 124 Å². The van der Waals surface area contributed by atoms with Gasteiger partial charge in [-0.2, -0.15) is 0 Å². The molecule has 1 aromatic rings. The Morgan fingerprint density at radius 1 is 1.35 bits per heavy atom. The Balaban J connectivity index is 2.49. The van der Waals surface area contributed by atoms with E-state index in [2.05, 4.69) is 4.72 Å². The van der Waals surface area contributed by atoms with Gasteiger partial charge < -0.3 is 5.11 Å². The Kier molecular flexibility index (Phi) is 5.73. The molecule has 0 fully saturated rings. The number of carbonyl (C=O) groups is 1. The molecular formula is C13H21NO4S2. The molecule has 7 heteroatoms. The summed E-state index contributed by atoms with van der Waals surface area (Å²) in [5.41, 5.74) is -0.202. The van der Waals surface area contributed by atoms with Gasteiger partial charge in [-0.25, -0.2) is 13.1 Å².